The molecule has 0 aliphatic rings. The van der Waals surface area contributed by atoms with Crippen molar-refractivity contribution in [2.24, 2.45) is 5.92 Å². The number of aromatic nitrogens is 3. The normalized spacial score (nSPS) is 13.0. The van der Waals surface area contributed by atoms with E-state index in [2.05, 4.69) is 31.1 Å². The van der Waals surface area contributed by atoms with Gasteiger partial charge in [0.1, 0.15) is 11.0 Å². The van der Waals surface area contributed by atoms with E-state index in [9.17, 15) is 9.90 Å². The van der Waals surface area contributed by atoms with E-state index in [0.29, 0.717) is 17.0 Å². The van der Waals surface area contributed by atoms with Gasteiger partial charge in [-0.3, -0.25) is 0 Å². The molecule has 1 aromatic carbocycles. The maximum absolute atomic E-state index is 11.3. The Bertz CT molecular complexity index is 604. The molecule has 1 N–H and O–H groups in total. The molecule has 2 aromatic rings. The molecule has 0 spiro atoms. The number of carboxylic acid groups (broad SMARTS) is 1. The van der Waals surface area contributed by atoms with Crippen molar-refractivity contribution in [3.63, 3.8) is 0 Å². The first-order chi connectivity index (χ1) is 9.50. The molecule has 0 aliphatic heterocycles. The van der Waals surface area contributed by atoms with Crippen LogP contribution in [0.3, 0.4) is 0 Å². The number of fused-ring (bicyclic) bond motifs is 1. The number of hydrogen-bond donors (Lipinski definition) is 1. The van der Waals surface area contributed by atoms with Crippen molar-refractivity contribution in [3.8, 4) is 0 Å². The molecule has 0 radical (unpaired) electrons. The number of para-hydroxylation sites is 1. The standard InChI is InChI=1S/C15H21N3O2/c1-10(2)6-4-7-11(3)18-14-12(15(19)20)8-5-9-13(14)16-17-18/h5,8-11H,4,6-7H2,1-3H3,(H,19,20). The van der Waals surface area contributed by atoms with Crippen molar-refractivity contribution in [2.75, 3.05) is 0 Å². The lowest BCUT2D eigenvalue weighted by atomic mass is 10.0. The van der Waals surface area contributed by atoms with Crippen LogP contribution in [0.25, 0.3) is 11.0 Å². The molecule has 0 saturated heterocycles. The highest BCUT2D eigenvalue weighted by molar-refractivity contribution is 6.00. The van der Waals surface area contributed by atoms with E-state index in [1.807, 2.05) is 0 Å². The summed E-state index contributed by atoms with van der Waals surface area (Å²) in [5, 5.41) is 17.5. The molecule has 0 aliphatic carbocycles. The highest BCUT2D eigenvalue weighted by Crippen LogP contribution is 2.23. The molecule has 1 heterocycles. The van der Waals surface area contributed by atoms with Gasteiger partial charge in [0.05, 0.1) is 11.6 Å². The highest BCUT2D eigenvalue weighted by atomic mass is 16.4. The van der Waals surface area contributed by atoms with Crippen LogP contribution >= 0.6 is 0 Å². The second kappa shape index (κ2) is 6.03. The van der Waals surface area contributed by atoms with Crippen LogP contribution in [0.5, 0.6) is 0 Å². The lowest BCUT2D eigenvalue weighted by molar-refractivity contribution is 0.0698. The summed E-state index contributed by atoms with van der Waals surface area (Å²) in [5.74, 6) is -0.252. The van der Waals surface area contributed by atoms with Crippen molar-refractivity contribution >= 4 is 17.0 Å². The number of carbonyl (C=O) groups is 1. The fourth-order valence-electron chi connectivity index (χ4n) is 2.42. The minimum Gasteiger partial charge on any atom is -0.478 e. The van der Waals surface area contributed by atoms with Gasteiger partial charge in [-0.15, -0.1) is 5.10 Å². The van der Waals surface area contributed by atoms with E-state index in [-0.39, 0.29) is 11.6 Å². The van der Waals surface area contributed by atoms with Crippen LogP contribution in [-0.2, 0) is 0 Å². The summed E-state index contributed by atoms with van der Waals surface area (Å²) in [4.78, 5) is 11.3. The average Bonchev–Trinajstić information content (AvgIpc) is 2.81. The molecule has 0 bridgehead atoms. The Kier molecular flexibility index (Phi) is 4.37. The van der Waals surface area contributed by atoms with Crippen molar-refractivity contribution < 1.29 is 9.90 Å². The third kappa shape index (κ3) is 2.98. The van der Waals surface area contributed by atoms with Gasteiger partial charge < -0.3 is 5.11 Å². The smallest absolute Gasteiger partial charge is 0.337 e. The molecule has 1 unspecified atom stereocenters. The summed E-state index contributed by atoms with van der Waals surface area (Å²) < 4.78 is 1.75. The molecule has 1 aromatic heterocycles. The van der Waals surface area contributed by atoms with Gasteiger partial charge in [-0.25, -0.2) is 9.48 Å². The van der Waals surface area contributed by atoms with Crippen molar-refractivity contribution in [2.45, 2.75) is 46.1 Å². The van der Waals surface area contributed by atoms with Gasteiger partial charge in [0.25, 0.3) is 0 Å². The van der Waals surface area contributed by atoms with Crippen LogP contribution in [0.1, 0.15) is 56.4 Å². The van der Waals surface area contributed by atoms with Gasteiger partial charge in [-0.2, -0.15) is 0 Å². The van der Waals surface area contributed by atoms with Gasteiger partial charge in [0, 0.05) is 0 Å². The molecule has 108 valence electrons. The number of rotatable bonds is 6. The zero-order valence-electron chi connectivity index (χ0n) is 12.2. The summed E-state index contributed by atoms with van der Waals surface area (Å²) in [7, 11) is 0. The zero-order chi connectivity index (χ0) is 14.7. The first kappa shape index (κ1) is 14.5. The Labute approximate surface area is 118 Å². The van der Waals surface area contributed by atoms with Crippen LogP contribution in [0, 0.1) is 5.92 Å². The molecule has 2 rings (SSSR count). The summed E-state index contributed by atoms with van der Waals surface area (Å²) in [6, 6.07) is 5.25. The number of aromatic carboxylic acids is 1. The fourth-order valence-corrected chi connectivity index (χ4v) is 2.42. The second-order valence-electron chi connectivity index (χ2n) is 5.69. The van der Waals surface area contributed by atoms with E-state index in [0.717, 1.165) is 12.8 Å². The Balaban J connectivity index is 2.27. The van der Waals surface area contributed by atoms with Crippen molar-refractivity contribution in [1.82, 2.24) is 15.0 Å². The zero-order valence-corrected chi connectivity index (χ0v) is 12.2. The maximum atomic E-state index is 11.3. The lowest BCUT2D eigenvalue weighted by Gasteiger charge is -2.14. The molecular formula is C15H21N3O2. The number of hydrogen-bond acceptors (Lipinski definition) is 3. The summed E-state index contributed by atoms with van der Waals surface area (Å²) >= 11 is 0. The largest absolute Gasteiger partial charge is 0.478 e. The predicted octanol–water partition coefficient (Wildman–Crippen LogP) is 3.52. The minimum absolute atomic E-state index is 0.152. The third-order valence-corrected chi connectivity index (χ3v) is 3.54. The molecule has 0 saturated carbocycles. The van der Waals surface area contributed by atoms with Gasteiger partial charge >= 0.3 is 5.97 Å². The SMILES string of the molecule is CC(C)CCCC(C)n1nnc2cccc(C(=O)O)c21. The molecule has 20 heavy (non-hydrogen) atoms. The first-order valence-corrected chi connectivity index (χ1v) is 7.08. The van der Waals surface area contributed by atoms with E-state index in [4.69, 9.17) is 0 Å². The highest BCUT2D eigenvalue weighted by Gasteiger charge is 2.17. The molecule has 5 nitrogen and oxygen atoms in total. The van der Waals surface area contributed by atoms with Crippen LogP contribution in [0.15, 0.2) is 18.2 Å². The molecule has 0 fully saturated rings. The van der Waals surface area contributed by atoms with Crippen molar-refractivity contribution in [1.29, 1.82) is 0 Å². The van der Waals surface area contributed by atoms with Gasteiger partial charge in [0.15, 0.2) is 0 Å². The quantitative estimate of drug-likeness (QED) is 0.875. The average molecular weight is 275 g/mol. The summed E-state index contributed by atoms with van der Waals surface area (Å²) in [6.45, 7) is 6.48. The van der Waals surface area contributed by atoms with Gasteiger partial charge in [-0.1, -0.05) is 38.0 Å². The fraction of sp³-hybridized carbons (Fsp3) is 0.533. The molecule has 5 heteroatoms. The van der Waals surface area contributed by atoms with E-state index in [1.54, 1.807) is 22.9 Å². The lowest BCUT2D eigenvalue weighted by Crippen LogP contribution is -2.10. The van der Waals surface area contributed by atoms with E-state index in [1.165, 1.54) is 6.42 Å². The van der Waals surface area contributed by atoms with Gasteiger partial charge in [0.2, 0.25) is 0 Å². The Morgan fingerprint density at radius 1 is 1.30 bits per heavy atom. The third-order valence-electron chi connectivity index (χ3n) is 3.54. The monoisotopic (exact) mass is 275 g/mol. The topological polar surface area (TPSA) is 68.0 Å². The first-order valence-electron chi connectivity index (χ1n) is 7.08. The van der Waals surface area contributed by atoms with Crippen LogP contribution in [0.4, 0.5) is 0 Å². The second-order valence-corrected chi connectivity index (χ2v) is 5.69. The number of benzene rings is 1. The van der Waals surface area contributed by atoms with Crippen molar-refractivity contribution in [3.05, 3.63) is 23.8 Å². The predicted molar refractivity (Wildman–Crippen MR) is 77.9 cm³/mol. The van der Waals surface area contributed by atoms with Crippen LogP contribution < -0.4 is 0 Å². The molecular weight excluding hydrogens is 254 g/mol. The number of carboxylic acids is 1. The summed E-state index contributed by atoms with van der Waals surface area (Å²) in [5.41, 5.74) is 1.53. The Morgan fingerprint density at radius 2 is 2.05 bits per heavy atom. The minimum atomic E-state index is -0.937. The van der Waals surface area contributed by atoms with E-state index < -0.39 is 5.97 Å². The Hall–Kier alpha value is -1.91. The molecule has 0 amide bonds. The maximum Gasteiger partial charge on any atom is 0.337 e. The van der Waals surface area contributed by atoms with Crippen LogP contribution in [-0.4, -0.2) is 26.1 Å². The Morgan fingerprint density at radius 3 is 2.70 bits per heavy atom. The van der Waals surface area contributed by atoms with Crippen LogP contribution in [0.2, 0.25) is 0 Å². The molecule has 1 atom stereocenters. The van der Waals surface area contributed by atoms with E-state index >= 15 is 0 Å². The van der Waals surface area contributed by atoms with Gasteiger partial charge in [-0.05, 0) is 31.4 Å². The number of nitrogens with zero attached hydrogens (tertiary/aromatic N) is 3. The summed E-state index contributed by atoms with van der Waals surface area (Å²) in [6.07, 6.45) is 3.25.